The second kappa shape index (κ2) is 11.4. The lowest BCUT2D eigenvalue weighted by Crippen LogP contribution is -2.30. The smallest absolute Gasteiger partial charge is 0.258 e. The van der Waals surface area contributed by atoms with Gasteiger partial charge in [-0.3, -0.25) is 14.9 Å². The average Bonchev–Trinajstić information content (AvgIpc) is 3.34. The second-order valence-corrected chi connectivity index (χ2v) is 8.74. The molecule has 0 saturated heterocycles. The number of ether oxygens (including phenoxy) is 1. The fourth-order valence-corrected chi connectivity index (χ4v) is 4.05. The van der Waals surface area contributed by atoms with Crippen molar-refractivity contribution in [2.24, 2.45) is 0 Å². The summed E-state index contributed by atoms with van der Waals surface area (Å²) in [6.45, 7) is 2.24. The van der Waals surface area contributed by atoms with Gasteiger partial charge < -0.3 is 9.15 Å². The van der Waals surface area contributed by atoms with E-state index in [4.69, 9.17) is 9.15 Å². The Kier molecular flexibility index (Phi) is 7.41. The number of amides is 2. The van der Waals surface area contributed by atoms with Gasteiger partial charge in [0.15, 0.2) is 0 Å². The van der Waals surface area contributed by atoms with E-state index in [0.29, 0.717) is 35.8 Å². The molecule has 0 atom stereocenters. The molecule has 1 N–H and O–H groups in total. The number of imide groups is 1. The molecule has 0 bridgehead atoms. The summed E-state index contributed by atoms with van der Waals surface area (Å²) in [5.74, 6) is 0.901. The molecule has 2 amide bonds. The molecule has 6 heteroatoms. The van der Waals surface area contributed by atoms with E-state index >= 15 is 0 Å². The SMILES string of the molecule is Cc1oc(-c2ccc(-c3ccccc3)cc2)nc1CCOc1cccc(C(=O)NC(=O)c2ccccc2)c1. The highest BCUT2D eigenvalue weighted by molar-refractivity contribution is 6.10. The molecule has 5 aromatic rings. The third kappa shape index (κ3) is 5.87. The van der Waals surface area contributed by atoms with Gasteiger partial charge in [-0.05, 0) is 60.5 Å². The quantitative estimate of drug-likeness (QED) is 0.245. The van der Waals surface area contributed by atoms with E-state index in [9.17, 15) is 9.59 Å². The van der Waals surface area contributed by atoms with Crippen LogP contribution < -0.4 is 10.1 Å². The summed E-state index contributed by atoms with van der Waals surface area (Å²) in [6.07, 6.45) is 0.542. The zero-order valence-corrected chi connectivity index (χ0v) is 20.9. The molecule has 0 aliphatic rings. The number of hydrogen-bond acceptors (Lipinski definition) is 5. The summed E-state index contributed by atoms with van der Waals surface area (Å²) in [5, 5.41) is 2.40. The summed E-state index contributed by atoms with van der Waals surface area (Å²) < 4.78 is 11.8. The summed E-state index contributed by atoms with van der Waals surface area (Å²) in [5.41, 5.74) is 4.77. The van der Waals surface area contributed by atoms with Gasteiger partial charge in [0.2, 0.25) is 5.89 Å². The van der Waals surface area contributed by atoms with E-state index in [-0.39, 0.29) is 0 Å². The summed E-state index contributed by atoms with van der Waals surface area (Å²) in [4.78, 5) is 29.5. The zero-order valence-electron chi connectivity index (χ0n) is 20.9. The lowest BCUT2D eigenvalue weighted by atomic mass is 10.0. The molecule has 1 aromatic heterocycles. The van der Waals surface area contributed by atoms with Crippen LogP contribution in [0, 0.1) is 6.92 Å². The van der Waals surface area contributed by atoms with Crippen molar-refractivity contribution in [2.75, 3.05) is 6.61 Å². The summed E-state index contributed by atoms with van der Waals surface area (Å²) in [6, 6.07) is 33.7. The molecule has 4 aromatic carbocycles. The fraction of sp³-hybridized carbons (Fsp3) is 0.0938. The minimum absolute atomic E-state index is 0.339. The first kappa shape index (κ1) is 24.7. The van der Waals surface area contributed by atoms with E-state index < -0.39 is 11.8 Å². The van der Waals surface area contributed by atoms with Crippen molar-refractivity contribution in [2.45, 2.75) is 13.3 Å². The summed E-state index contributed by atoms with van der Waals surface area (Å²) >= 11 is 0. The van der Waals surface area contributed by atoms with Gasteiger partial charge in [0.05, 0.1) is 12.3 Å². The third-order valence-corrected chi connectivity index (χ3v) is 6.10. The number of aromatic nitrogens is 1. The molecular weight excluding hydrogens is 476 g/mol. The highest BCUT2D eigenvalue weighted by atomic mass is 16.5. The molecule has 188 valence electrons. The van der Waals surface area contributed by atoms with Gasteiger partial charge >= 0.3 is 0 Å². The van der Waals surface area contributed by atoms with Crippen molar-refractivity contribution in [3.8, 4) is 28.3 Å². The van der Waals surface area contributed by atoms with Gasteiger partial charge in [0.25, 0.3) is 11.8 Å². The number of carbonyl (C=O) groups excluding carboxylic acids is 2. The molecule has 0 aliphatic carbocycles. The van der Waals surface area contributed by atoms with Gasteiger partial charge in [-0.1, -0.05) is 66.7 Å². The predicted octanol–water partition coefficient (Wildman–Crippen LogP) is 6.51. The lowest BCUT2D eigenvalue weighted by molar-refractivity contribution is 0.0849. The molecule has 0 spiro atoms. The van der Waals surface area contributed by atoms with Crippen molar-refractivity contribution >= 4 is 11.8 Å². The first-order valence-corrected chi connectivity index (χ1v) is 12.3. The standard InChI is InChI=1S/C32H26N2O4/c1-22-29(33-32(38-22)26-17-15-24(16-18-26)23-9-4-2-5-10-23)19-20-37-28-14-8-13-27(21-28)31(36)34-30(35)25-11-6-3-7-12-25/h2-18,21H,19-20H2,1H3,(H,34,35,36). The van der Waals surface area contributed by atoms with Crippen molar-refractivity contribution in [3.05, 3.63) is 132 Å². The number of rotatable bonds is 8. The van der Waals surface area contributed by atoms with Crippen LogP contribution >= 0.6 is 0 Å². The molecule has 1 heterocycles. The highest BCUT2D eigenvalue weighted by Crippen LogP contribution is 2.26. The van der Waals surface area contributed by atoms with Gasteiger partial charge in [-0.15, -0.1) is 0 Å². The van der Waals surface area contributed by atoms with Crippen molar-refractivity contribution in [1.82, 2.24) is 10.3 Å². The fourth-order valence-electron chi connectivity index (χ4n) is 4.05. The number of oxazole rings is 1. The number of benzene rings is 4. The minimum atomic E-state index is -0.487. The average molecular weight is 503 g/mol. The Morgan fingerprint density at radius 3 is 2.08 bits per heavy atom. The number of nitrogens with one attached hydrogen (secondary N) is 1. The van der Waals surface area contributed by atoms with E-state index in [1.807, 2.05) is 43.3 Å². The first-order valence-electron chi connectivity index (χ1n) is 12.3. The molecule has 0 radical (unpaired) electrons. The Hall–Kier alpha value is -4.97. The van der Waals surface area contributed by atoms with Crippen molar-refractivity contribution in [3.63, 3.8) is 0 Å². The topological polar surface area (TPSA) is 81.4 Å². The second-order valence-electron chi connectivity index (χ2n) is 8.74. The van der Waals surface area contributed by atoms with Crippen LogP contribution in [-0.2, 0) is 6.42 Å². The molecule has 0 fully saturated rings. The van der Waals surface area contributed by atoms with Gasteiger partial charge in [-0.2, -0.15) is 0 Å². The zero-order chi connectivity index (χ0) is 26.3. The van der Waals surface area contributed by atoms with Crippen LogP contribution in [0.2, 0.25) is 0 Å². The molecular formula is C32H26N2O4. The number of hydrogen-bond donors (Lipinski definition) is 1. The van der Waals surface area contributed by atoms with Gasteiger partial charge in [0.1, 0.15) is 11.5 Å². The van der Waals surface area contributed by atoms with E-state index in [2.05, 4.69) is 34.6 Å². The van der Waals surface area contributed by atoms with Crippen LogP contribution in [0.15, 0.2) is 114 Å². The molecule has 0 saturated carbocycles. The number of aryl methyl sites for hydroxylation is 1. The maximum absolute atomic E-state index is 12.5. The van der Waals surface area contributed by atoms with Crippen LogP contribution in [0.4, 0.5) is 0 Å². The maximum Gasteiger partial charge on any atom is 0.258 e. The van der Waals surface area contributed by atoms with E-state index in [0.717, 1.165) is 28.1 Å². The van der Waals surface area contributed by atoms with Gasteiger partial charge in [-0.25, -0.2) is 4.98 Å². The molecule has 38 heavy (non-hydrogen) atoms. The predicted molar refractivity (Wildman–Crippen MR) is 146 cm³/mol. The van der Waals surface area contributed by atoms with Crippen LogP contribution in [-0.4, -0.2) is 23.4 Å². The van der Waals surface area contributed by atoms with Crippen molar-refractivity contribution in [1.29, 1.82) is 0 Å². The monoisotopic (exact) mass is 502 g/mol. The lowest BCUT2D eigenvalue weighted by Gasteiger charge is -2.08. The normalized spacial score (nSPS) is 10.7. The van der Waals surface area contributed by atoms with Crippen LogP contribution in [0.1, 0.15) is 32.2 Å². The Bertz CT molecular complexity index is 1540. The molecule has 0 aliphatic heterocycles. The number of carbonyl (C=O) groups is 2. The van der Waals surface area contributed by atoms with E-state index in [1.165, 1.54) is 0 Å². The van der Waals surface area contributed by atoms with Crippen LogP contribution in [0.3, 0.4) is 0 Å². The molecule has 5 rings (SSSR count). The van der Waals surface area contributed by atoms with E-state index in [1.54, 1.807) is 48.5 Å². The Labute approximate surface area is 220 Å². The van der Waals surface area contributed by atoms with Crippen LogP contribution in [0.25, 0.3) is 22.6 Å². The Morgan fingerprint density at radius 2 is 1.34 bits per heavy atom. The van der Waals surface area contributed by atoms with Gasteiger partial charge in [0, 0.05) is 23.1 Å². The Balaban J connectivity index is 1.18. The molecule has 0 unspecified atom stereocenters. The summed E-state index contributed by atoms with van der Waals surface area (Å²) in [7, 11) is 0. The van der Waals surface area contributed by atoms with Crippen molar-refractivity contribution < 1.29 is 18.7 Å². The maximum atomic E-state index is 12.5. The Morgan fingerprint density at radius 1 is 0.737 bits per heavy atom. The van der Waals surface area contributed by atoms with Crippen LogP contribution in [0.5, 0.6) is 5.75 Å². The third-order valence-electron chi connectivity index (χ3n) is 6.10. The minimum Gasteiger partial charge on any atom is -0.493 e. The largest absolute Gasteiger partial charge is 0.493 e. The molecule has 6 nitrogen and oxygen atoms in total. The first-order chi connectivity index (χ1) is 18.6. The number of nitrogens with zero attached hydrogens (tertiary/aromatic N) is 1. The highest BCUT2D eigenvalue weighted by Gasteiger charge is 2.14.